The van der Waals surface area contributed by atoms with Crippen LogP contribution in [0.3, 0.4) is 0 Å². The van der Waals surface area contributed by atoms with Crippen LogP contribution < -0.4 is 25.1 Å². The number of hydrogen-bond acceptors (Lipinski definition) is 7. The van der Waals surface area contributed by atoms with Crippen LogP contribution in [0.15, 0.2) is 18.2 Å². The molecule has 2 saturated heterocycles. The Balaban J connectivity index is 1.27. The quantitative estimate of drug-likeness (QED) is 0.790. The first-order valence-corrected chi connectivity index (χ1v) is 8.58. The number of nitrogens with one attached hydrogen (secondary N) is 2. The highest BCUT2D eigenvalue weighted by Gasteiger charge is 2.34. The van der Waals surface area contributed by atoms with Gasteiger partial charge in [-0.15, -0.1) is 0 Å². The predicted molar refractivity (Wildman–Crippen MR) is 88.5 cm³/mol. The molecule has 0 aliphatic carbocycles. The molecular formula is C17H23N3O5. The van der Waals surface area contributed by atoms with Gasteiger partial charge in [-0.2, -0.15) is 0 Å². The second kappa shape index (κ2) is 7.07. The number of carbonyl (C=O) groups excluding carboxylic acids is 1. The smallest absolute Gasteiger partial charge is 0.241 e. The Hall–Kier alpha value is -2.03. The van der Waals surface area contributed by atoms with Gasteiger partial charge >= 0.3 is 0 Å². The van der Waals surface area contributed by atoms with Crippen LogP contribution in [0.2, 0.25) is 0 Å². The van der Waals surface area contributed by atoms with E-state index in [9.17, 15) is 4.79 Å². The lowest BCUT2D eigenvalue weighted by molar-refractivity contribution is -0.134. The van der Waals surface area contributed by atoms with Crippen molar-refractivity contribution in [1.29, 1.82) is 0 Å². The van der Waals surface area contributed by atoms with E-state index in [2.05, 4.69) is 10.9 Å². The zero-order chi connectivity index (χ0) is 17.2. The highest BCUT2D eigenvalue weighted by molar-refractivity contribution is 5.82. The van der Waals surface area contributed by atoms with Crippen molar-refractivity contribution in [2.75, 3.05) is 33.7 Å². The number of rotatable bonds is 5. The Kier molecular flexibility index (Phi) is 4.65. The van der Waals surface area contributed by atoms with Crippen molar-refractivity contribution in [3.8, 4) is 17.2 Å². The molecule has 0 spiro atoms. The van der Waals surface area contributed by atoms with E-state index in [1.807, 2.05) is 25.2 Å². The first-order valence-electron chi connectivity index (χ1n) is 8.58. The molecule has 3 atom stereocenters. The van der Waals surface area contributed by atoms with E-state index >= 15 is 0 Å². The Morgan fingerprint density at radius 3 is 3.04 bits per heavy atom. The fraction of sp³-hybridized carbons (Fsp3) is 0.588. The van der Waals surface area contributed by atoms with Crippen LogP contribution in [0.1, 0.15) is 12.8 Å². The number of likely N-dealkylation sites (N-methyl/N-ethyl adjacent to an activating group) is 1. The van der Waals surface area contributed by atoms with Crippen molar-refractivity contribution in [3.05, 3.63) is 18.2 Å². The molecule has 2 fully saturated rings. The van der Waals surface area contributed by atoms with E-state index in [0.717, 1.165) is 24.5 Å². The summed E-state index contributed by atoms with van der Waals surface area (Å²) >= 11 is 0. The first kappa shape index (κ1) is 16.4. The van der Waals surface area contributed by atoms with Crippen LogP contribution in [-0.4, -0.2) is 62.6 Å². The molecule has 8 nitrogen and oxygen atoms in total. The number of nitrogens with zero attached hydrogens (tertiary/aromatic N) is 1. The van der Waals surface area contributed by atoms with Crippen LogP contribution in [0, 0.1) is 0 Å². The van der Waals surface area contributed by atoms with E-state index in [1.165, 1.54) is 0 Å². The van der Waals surface area contributed by atoms with Crippen molar-refractivity contribution in [3.63, 3.8) is 0 Å². The normalized spacial score (nSPS) is 27.5. The molecule has 3 aliphatic rings. The van der Waals surface area contributed by atoms with Crippen molar-refractivity contribution in [2.24, 2.45) is 0 Å². The molecule has 1 aromatic rings. The van der Waals surface area contributed by atoms with Crippen molar-refractivity contribution < 1.29 is 23.7 Å². The fourth-order valence-electron chi connectivity index (χ4n) is 3.31. The van der Waals surface area contributed by atoms with E-state index in [1.54, 1.807) is 4.90 Å². The summed E-state index contributed by atoms with van der Waals surface area (Å²) in [5.74, 6) is 2.25. The zero-order valence-electron chi connectivity index (χ0n) is 14.2. The second-order valence-electron chi connectivity index (χ2n) is 6.57. The molecule has 4 rings (SSSR count). The lowest BCUT2D eigenvalue weighted by atomic mass is 10.1. The number of benzene rings is 1. The van der Waals surface area contributed by atoms with Crippen LogP contribution in [0.4, 0.5) is 0 Å². The zero-order valence-corrected chi connectivity index (χ0v) is 14.2. The standard InChI is InChI=1S/C17H23N3O5/c1-20(12-4-5-22-9-12)17(21)14-6-11(18-19-14)8-23-13-2-3-15-16(7-13)25-10-24-15/h2-3,7,11-12,14,18-19H,4-6,8-10H2,1H3. The average Bonchev–Trinajstić information content (AvgIpc) is 3.39. The number of hydrogen-bond donors (Lipinski definition) is 2. The summed E-state index contributed by atoms with van der Waals surface area (Å²) in [4.78, 5) is 14.4. The first-order chi connectivity index (χ1) is 12.2. The molecule has 0 saturated carbocycles. The topological polar surface area (TPSA) is 81.3 Å². The van der Waals surface area contributed by atoms with Crippen molar-refractivity contribution in [2.45, 2.75) is 31.0 Å². The van der Waals surface area contributed by atoms with Gasteiger partial charge in [0, 0.05) is 19.7 Å². The number of fused-ring (bicyclic) bond motifs is 1. The molecule has 0 aromatic heterocycles. The third kappa shape index (κ3) is 3.51. The fourth-order valence-corrected chi connectivity index (χ4v) is 3.31. The molecule has 136 valence electrons. The summed E-state index contributed by atoms with van der Waals surface area (Å²) in [6.07, 6.45) is 1.58. The molecule has 25 heavy (non-hydrogen) atoms. The molecule has 1 aromatic carbocycles. The van der Waals surface area contributed by atoms with Crippen molar-refractivity contribution in [1.82, 2.24) is 15.8 Å². The third-order valence-electron chi connectivity index (χ3n) is 4.88. The number of hydrazine groups is 1. The minimum Gasteiger partial charge on any atom is -0.492 e. The summed E-state index contributed by atoms with van der Waals surface area (Å²) in [7, 11) is 1.85. The Morgan fingerprint density at radius 1 is 1.32 bits per heavy atom. The molecule has 2 N–H and O–H groups in total. The van der Waals surface area contributed by atoms with Gasteiger partial charge in [-0.05, 0) is 25.0 Å². The molecule has 0 bridgehead atoms. The van der Waals surface area contributed by atoms with Gasteiger partial charge in [0.2, 0.25) is 12.7 Å². The molecule has 3 unspecified atom stereocenters. The summed E-state index contributed by atoms with van der Waals surface area (Å²) in [5, 5.41) is 0. The van der Waals surface area contributed by atoms with Crippen molar-refractivity contribution >= 4 is 5.91 Å². The van der Waals surface area contributed by atoms with E-state index in [-0.39, 0.29) is 30.8 Å². The van der Waals surface area contributed by atoms with Gasteiger partial charge < -0.3 is 23.8 Å². The molecular weight excluding hydrogens is 326 g/mol. The largest absolute Gasteiger partial charge is 0.492 e. The third-order valence-corrected chi connectivity index (χ3v) is 4.88. The van der Waals surface area contributed by atoms with Crippen LogP contribution >= 0.6 is 0 Å². The maximum absolute atomic E-state index is 12.6. The van der Waals surface area contributed by atoms with Crippen LogP contribution in [0.5, 0.6) is 17.2 Å². The SMILES string of the molecule is CN(C(=O)C1CC(COc2ccc3c(c2)OCO3)NN1)C1CCOC1. The van der Waals surface area contributed by atoms with Gasteiger partial charge in [-0.25, -0.2) is 5.43 Å². The minimum absolute atomic E-state index is 0.0626. The molecule has 1 amide bonds. The maximum atomic E-state index is 12.6. The predicted octanol–water partition coefficient (Wildman–Crippen LogP) is 0.277. The molecule has 0 radical (unpaired) electrons. The van der Waals surface area contributed by atoms with Gasteiger partial charge in [0.25, 0.3) is 0 Å². The average molecular weight is 349 g/mol. The van der Waals surface area contributed by atoms with Gasteiger partial charge in [-0.1, -0.05) is 0 Å². The van der Waals surface area contributed by atoms with Gasteiger partial charge in [-0.3, -0.25) is 10.2 Å². The Labute approximate surface area is 146 Å². The van der Waals surface area contributed by atoms with Gasteiger partial charge in [0.15, 0.2) is 11.5 Å². The lowest BCUT2D eigenvalue weighted by Crippen LogP contribution is -2.48. The van der Waals surface area contributed by atoms with Crippen LogP contribution in [0.25, 0.3) is 0 Å². The Bertz CT molecular complexity index is 635. The van der Waals surface area contributed by atoms with Gasteiger partial charge in [0.05, 0.1) is 18.7 Å². The highest BCUT2D eigenvalue weighted by atomic mass is 16.7. The van der Waals surface area contributed by atoms with E-state index in [0.29, 0.717) is 25.4 Å². The summed E-state index contributed by atoms with van der Waals surface area (Å²) in [6.45, 7) is 2.06. The minimum atomic E-state index is -0.240. The monoisotopic (exact) mass is 349 g/mol. The van der Waals surface area contributed by atoms with E-state index < -0.39 is 0 Å². The number of carbonyl (C=O) groups is 1. The molecule has 3 aliphatic heterocycles. The number of amides is 1. The molecule has 3 heterocycles. The second-order valence-corrected chi connectivity index (χ2v) is 6.57. The van der Waals surface area contributed by atoms with E-state index in [4.69, 9.17) is 18.9 Å². The summed E-state index contributed by atoms with van der Waals surface area (Å²) < 4.78 is 21.8. The highest BCUT2D eigenvalue weighted by Crippen LogP contribution is 2.35. The Morgan fingerprint density at radius 2 is 2.20 bits per heavy atom. The molecule has 8 heteroatoms. The number of ether oxygens (including phenoxy) is 4. The van der Waals surface area contributed by atoms with Crippen LogP contribution in [-0.2, 0) is 9.53 Å². The van der Waals surface area contributed by atoms with Gasteiger partial charge in [0.1, 0.15) is 18.4 Å². The maximum Gasteiger partial charge on any atom is 0.241 e. The lowest BCUT2D eigenvalue weighted by Gasteiger charge is -2.25. The summed E-state index contributed by atoms with van der Waals surface area (Å²) in [6, 6.07) is 5.51. The summed E-state index contributed by atoms with van der Waals surface area (Å²) in [5.41, 5.74) is 6.23.